The molecule has 2 atom stereocenters. The van der Waals surface area contributed by atoms with E-state index < -0.39 is 0 Å². The van der Waals surface area contributed by atoms with Gasteiger partial charge in [0.1, 0.15) is 6.10 Å². The third-order valence-corrected chi connectivity index (χ3v) is 3.15. The maximum atomic E-state index is 11.9. The molecule has 1 aromatic rings. The summed E-state index contributed by atoms with van der Waals surface area (Å²) in [4.78, 5) is 15.8. The number of nitrogens with zero attached hydrogens (tertiary/aromatic N) is 1. The smallest absolute Gasteiger partial charge is 0.165 e. The summed E-state index contributed by atoms with van der Waals surface area (Å²) >= 11 is 5.95. The van der Waals surface area contributed by atoms with Crippen LogP contribution >= 0.6 is 11.6 Å². The van der Waals surface area contributed by atoms with Crippen LogP contribution in [0.25, 0.3) is 0 Å². The Morgan fingerprint density at radius 3 is 3.06 bits per heavy atom. The van der Waals surface area contributed by atoms with Gasteiger partial charge in [-0.2, -0.15) is 0 Å². The number of carbonyl (C=O) groups excluding carboxylic acids is 1. The Hall–Kier alpha value is -0.930. The molecule has 2 unspecified atom stereocenters. The zero-order chi connectivity index (χ0) is 11.5. The quantitative estimate of drug-likeness (QED) is 0.813. The number of Topliss-reactive ketones (excluding diaryl/α,β-unsaturated/α-hetero) is 1. The van der Waals surface area contributed by atoms with Crippen molar-refractivity contribution in [3.8, 4) is 0 Å². The number of ether oxygens (including phenoxy) is 1. The van der Waals surface area contributed by atoms with E-state index in [0.717, 1.165) is 18.4 Å². The van der Waals surface area contributed by atoms with Gasteiger partial charge in [-0.05, 0) is 31.4 Å². The van der Waals surface area contributed by atoms with Crippen molar-refractivity contribution >= 4 is 17.4 Å². The topological polar surface area (TPSA) is 39.2 Å². The van der Waals surface area contributed by atoms with Gasteiger partial charge < -0.3 is 4.74 Å². The SMILES string of the molecule is CC1CCC(C(=O)Cc2ccncc2Cl)O1. The molecule has 0 radical (unpaired) electrons. The van der Waals surface area contributed by atoms with Crippen LogP contribution in [0.2, 0.25) is 5.02 Å². The highest BCUT2D eigenvalue weighted by Crippen LogP contribution is 2.22. The third kappa shape index (κ3) is 2.60. The Morgan fingerprint density at radius 1 is 1.62 bits per heavy atom. The molecule has 1 fully saturated rings. The van der Waals surface area contributed by atoms with Gasteiger partial charge in [-0.15, -0.1) is 0 Å². The van der Waals surface area contributed by atoms with Crippen molar-refractivity contribution in [2.45, 2.75) is 38.4 Å². The predicted molar refractivity (Wildman–Crippen MR) is 61.5 cm³/mol. The molecule has 0 aromatic carbocycles. The number of ketones is 1. The number of halogens is 1. The molecule has 1 aliphatic rings. The molecule has 0 amide bonds. The van der Waals surface area contributed by atoms with Crippen LogP contribution in [0.3, 0.4) is 0 Å². The number of pyridine rings is 1. The standard InChI is InChI=1S/C12H14ClNO2/c1-8-2-3-12(16-8)11(15)6-9-4-5-14-7-10(9)13/h4-5,7-8,12H,2-3,6H2,1H3. The Kier molecular flexibility index (Phi) is 3.56. The zero-order valence-corrected chi connectivity index (χ0v) is 9.91. The minimum absolute atomic E-state index is 0.109. The first-order valence-corrected chi connectivity index (χ1v) is 5.81. The summed E-state index contributed by atoms with van der Waals surface area (Å²) in [5, 5.41) is 0.543. The molecule has 1 aliphatic heterocycles. The molecule has 1 saturated heterocycles. The van der Waals surface area contributed by atoms with Crippen LogP contribution in [-0.2, 0) is 16.0 Å². The van der Waals surface area contributed by atoms with E-state index >= 15 is 0 Å². The molecule has 4 heteroatoms. The minimum atomic E-state index is -0.251. The highest BCUT2D eigenvalue weighted by molar-refractivity contribution is 6.31. The average Bonchev–Trinajstić information content (AvgIpc) is 2.68. The molecule has 2 heterocycles. The number of hydrogen-bond acceptors (Lipinski definition) is 3. The molecule has 1 aromatic heterocycles. The van der Waals surface area contributed by atoms with Gasteiger partial charge in [0.2, 0.25) is 0 Å². The second-order valence-corrected chi connectivity index (χ2v) is 4.53. The fraction of sp³-hybridized carbons (Fsp3) is 0.500. The van der Waals surface area contributed by atoms with E-state index in [0.29, 0.717) is 11.4 Å². The van der Waals surface area contributed by atoms with E-state index in [9.17, 15) is 4.79 Å². The summed E-state index contributed by atoms with van der Waals surface area (Å²) in [6.45, 7) is 1.99. The van der Waals surface area contributed by atoms with Gasteiger partial charge in [-0.1, -0.05) is 11.6 Å². The first kappa shape index (κ1) is 11.6. The normalized spacial score (nSPS) is 24.6. The molecule has 3 nitrogen and oxygen atoms in total. The number of hydrogen-bond donors (Lipinski definition) is 0. The Bertz CT molecular complexity index is 394. The molecular weight excluding hydrogens is 226 g/mol. The summed E-state index contributed by atoms with van der Waals surface area (Å²) in [5.41, 5.74) is 0.824. The summed E-state index contributed by atoms with van der Waals surface area (Å²) in [7, 11) is 0. The van der Waals surface area contributed by atoms with Crippen LogP contribution in [0.5, 0.6) is 0 Å². The minimum Gasteiger partial charge on any atom is -0.367 e. The maximum absolute atomic E-state index is 11.9. The van der Waals surface area contributed by atoms with E-state index in [1.165, 1.54) is 0 Å². The van der Waals surface area contributed by atoms with Crippen molar-refractivity contribution in [3.63, 3.8) is 0 Å². The van der Waals surface area contributed by atoms with Crippen LogP contribution in [0.4, 0.5) is 0 Å². The zero-order valence-electron chi connectivity index (χ0n) is 9.15. The second-order valence-electron chi connectivity index (χ2n) is 4.12. The third-order valence-electron chi connectivity index (χ3n) is 2.81. The van der Waals surface area contributed by atoms with Crippen LogP contribution in [-0.4, -0.2) is 23.0 Å². The monoisotopic (exact) mass is 239 g/mol. The van der Waals surface area contributed by atoms with Gasteiger partial charge >= 0.3 is 0 Å². The lowest BCUT2D eigenvalue weighted by Gasteiger charge is -2.10. The second kappa shape index (κ2) is 4.93. The van der Waals surface area contributed by atoms with E-state index in [1.807, 2.05) is 6.92 Å². The van der Waals surface area contributed by atoms with Gasteiger partial charge in [0.05, 0.1) is 11.1 Å². The molecular formula is C12H14ClNO2. The van der Waals surface area contributed by atoms with Crippen molar-refractivity contribution in [2.24, 2.45) is 0 Å². The summed E-state index contributed by atoms with van der Waals surface area (Å²) < 4.78 is 5.53. The molecule has 2 rings (SSSR count). The molecule has 0 bridgehead atoms. The predicted octanol–water partition coefficient (Wildman–Crippen LogP) is 2.41. The van der Waals surface area contributed by atoms with Gasteiger partial charge in [0.25, 0.3) is 0 Å². The number of carbonyl (C=O) groups is 1. The van der Waals surface area contributed by atoms with E-state index in [-0.39, 0.29) is 18.0 Å². The highest BCUT2D eigenvalue weighted by Gasteiger charge is 2.28. The van der Waals surface area contributed by atoms with Crippen LogP contribution in [0, 0.1) is 0 Å². The highest BCUT2D eigenvalue weighted by atomic mass is 35.5. The van der Waals surface area contributed by atoms with Crippen molar-refractivity contribution in [1.82, 2.24) is 4.98 Å². The Balaban J connectivity index is 2.00. The van der Waals surface area contributed by atoms with Crippen molar-refractivity contribution in [3.05, 3.63) is 29.0 Å². The molecule has 0 N–H and O–H groups in total. The largest absolute Gasteiger partial charge is 0.367 e. The van der Waals surface area contributed by atoms with Crippen molar-refractivity contribution in [2.75, 3.05) is 0 Å². The van der Waals surface area contributed by atoms with E-state index in [1.54, 1.807) is 18.5 Å². The number of aromatic nitrogens is 1. The van der Waals surface area contributed by atoms with E-state index in [2.05, 4.69) is 4.98 Å². The lowest BCUT2D eigenvalue weighted by atomic mass is 10.0. The van der Waals surface area contributed by atoms with Gasteiger partial charge in [-0.25, -0.2) is 0 Å². The first-order chi connectivity index (χ1) is 7.66. The van der Waals surface area contributed by atoms with E-state index in [4.69, 9.17) is 16.3 Å². The Labute approximate surface area is 99.8 Å². The molecule has 86 valence electrons. The summed E-state index contributed by atoms with van der Waals surface area (Å²) in [5.74, 6) is 0.109. The fourth-order valence-corrected chi connectivity index (χ4v) is 2.07. The fourth-order valence-electron chi connectivity index (χ4n) is 1.89. The lowest BCUT2D eigenvalue weighted by molar-refractivity contribution is -0.128. The van der Waals surface area contributed by atoms with Crippen molar-refractivity contribution < 1.29 is 9.53 Å². The molecule has 0 spiro atoms. The van der Waals surface area contributed by atoms with Crippen LogP contribution < -0.4 is 0 Å². The maximum Gasteiger partial charge on any atom is 0.165 e. The van der Waals surface area contributed by atoms with Gasteiger partial charge in [0, 0.05) is 18.8 Å². The van der Waals surface area contributed by atoms with Crippen molar-refractivity contribution in [1.29, 1.82) is 0 Å². The molecule has 0 saturated carbocycles. The first-order valence-electron chi connectivity index (χ1n) is 5.43. The summed E-state index contributed by atoms with van der Waals surface area (Å²) in [6.07, 6.45) is 5.26. The average molecular weight is 240 g/mol. The number of rotatable bonds is 3. The van der Waals surface area contributed by atoms with Gasteiger partial charge in [-0.3, -0.25) is 9.78 Å². The summed E-state index contributed by atoms with van der Waals surface area (Å²) in [6, 6.07) is 1.78. The van der Waals surface area contributed by atoms with Crippen LogP contribution in [0.15, 0.2) is 18.5 Å². The molecule has 16 heavy (non-hydrogen) atoms. The Morgan fingerprint density at radius 2 is 2.44 bits per heavy atom. The molecule has 0 aliphatic carbocycles. The van der Waals surface area contributed by atoms with Gasteiger partial charge in [0.15, 0.2) is 5.78 Å². The van der Waals surface area contributed by atoms with Crippen LogP contribution in [0.1, 0.15) is 25.3 Å². The lowest BCUT2D eigenvalue weighted by Crippen LogP contribution is -2.22.